The minimum atomic E-state index is -0.474. The number of carbonyl (C=O) groups is 1. The zero-order valence-electron chi connectivity index (χ0n) is 15.7. The smallest absolute Gasteiger partial charge is 0.262 e. The van der Waals surface area contributed by atoms with Crippen LogP contribution < -0.4 is 10.2 Å². The molecule has 28 heavy (non-hydrogen) atoms. The van der Waals surface area contributed by atoms with Gasteiger partial charge in [0.1, 0.15) is 6.04 Å². The molecule has 1 unspecified atom stereocenters. The summed E-state index contributed by atoms with van der Waals surface area (Å²) in [5.74, 6) is 0.202. The molecular weight excluding hydrogens is 360 g/mol. The van der Waals surface area contributed by atoms with Crippen LogP contribution in [0.5, 0.6) is 11.5 Å². The van der Waals surface area contributed by atoms with Gasteiger partial charge in [0.15, 0.2) is 11.5 Å². The van der Waals surface area contributed by atoms with Crippen LogP contribution in [0.1, 0.15) is 24.1 Å². The number of phenolic OH excluding ortho intramolecular Hbond substituents is 1. The van der Waals surface area contributed by atoms with Crippen LogP contribution in [0, 0.1) is 0 Å². The summed E-state index contributed by atoms with van der Waals surface area (Å²) in [5.41, 5.74) is 4.10. The summed E-state index contributed by atoms with van der Waals surface area (Å²) in [6.07, 6.45) is 4.82. The largest absolute Gasteiger partial charge is 0.504 e. The van der Waals surface area contributed by atoms with Crippen LogP contribution in [0.3, 0.4) is 0 Å². The van der Waals surface area contributed by atoms with E-state index in [2.05, 4.69) is 20.4 Å². The van der Waals surface area contributed by atoms with Crippen LogP contribution >= 0.6 is 0 Å². The average Bonchev–Trinajstić information content (AvgIpc) is 2.72. The third kappa shape index (κ3) is 5.05. The van der Waals surface area contributed by atoms with E-state index in [4.69, 9.17) is 9.47 Å². The minimum absolute atomic E-state index is 0.0279. The van der Waals surface area contributed by atoms with Gasteiger partial charge in [0.25, 0.3) is 5.91 Å². The Kier molecular flexibility index (Phi) is 6.94. The molecule has 1 aromatic heterocycles. The summed E-state index contributed by atoms with van der Waals surface area (Å²) in [6.45, 7) is 4.81. The minimum Gasteiger partial charge on any atom is -0.504 e. The Morgan fingerprint density at radius 3 is 2.79 bits per heavy atom. The molecule has 1 atom stereocenters. The number of nitrogens with one attached hydrogen (secondary N) is 1. The van der Waals surface area contributed by atoms with Crippen molar-refractivity contribution >= 4 is 12.1 Å². The van der Waals surface area contributed by atoms with Gasteiger partial charge < -0.3 is 14.6 Å². The maximum Gasteiger partial charge on any atom is 0.262 e. The summed E-state index contributed by atoms with van der Waals surface area (Å²) in [5, 5.41) is 14.0. The number of morpholine rings is 1. The van der Waals surface area contributed by atoms with Crippen molar-refractivity contribution in [2.75, 3.05) is 32.9 Å². The molecule has 3 rings (SSSR count). The number of aromatic nitrogens is 1. The number of hydrogen-bond donors (Lipinski definition) is 2. The Hall–Kier alpha value is -2.97. The predicted octanol–water partition coefficient (Wildman–Crippen LogP) is 1.71. The normalized spacial score (nSPS) is 16.0. The molecule has 1 amide bonds. The van der Waals surface area contributed by atoms with Crippen molar-refractivity contribution in [2.24, 2.45) is 5.10 Å². The first kappa shape index (κ1) is 19.8. The highest BCUT2D eigenvalue weighted by Crippen LogP contribution is 2.26. The van der Waals surface area contributed by atoms with E-state index in [0.29, 0.717) is 44.2 Å². The van der Waals surface area contributed by atoms with Gasteiger partial charge in [-0.2, -0.15) is 5.10 Å². The number of carbonyl (C=O) groups excluding carboxylic acids is 1. The molecule has 1 aromatic carbocycles. The first-order valence-electron chi connectivity index (χ1n) is 9.19. The van der Waals surface area contributed by atoms with Crippen molar-refractivity contribution in [3.8, 4) is 11.5 Å². The number of hydrazone groups is 1. The molecule has 1 aliphatic heterocycles. The maximum absolute atomic E-state index is 12.8. The number of aromatic hydroxyl groups is 1. The van der Waals surface area contributed by atoms with Gasteiger partial charge in [0, 0.05) is 25.5 Å². The van der Waals surface area contributed by atoms with Crippen LogP contribution in [0.25, 0.3) is 0 Å². The van der Waals surface area contributed by atoms with Gasteiger partial charge in [0.05, 0.1) is 26.0 Å². The van der Waals surface area contributed by atoms with Crippen molar-refractivity contribution in [3.05, 3.63) is 53.9 Å². The third-order valence-corrected chi connectivity index (χ3v) is 4.35. The van der Waals surface area contributed by atoms with Crippen molar-refractivity contribution in [3.63, 3.8) is 0 Å². The van der Waals surface area contributed by atoms with E-state index >= 15 is 0 Å². The zero-order valence-corrected chi connectivity index (χ0v) is 15.7. The Labute approximate surface area is 163 Å². The summed E-state index contributed by atoms with van der Waals surface area (Å²) in [6, 6.07) is 8.13. The van der Waals surface area contributed by atoms with Crippen LogP contribution in [-0.2, 0) is 9.53 Å². The molecule has 1 aliphatic rings. The van der Waals surface area contributed by atoms with Crippen LogP contribution in [0.4, 0.5) is 0 Å². The summed E-state index contributed by atoms with van der Waals surface area (Å²) in [4.78, 5) is 18.9. The van der Waals surface area contributed by atoms with Gasteiger partial charge in [-0.25, -0.2) is 5.43 Å². The first-order valence-corrected chi connectivity index (χ1v) is 9.19. The number of pyridine rings is 1. The number of benzene rings is 1. The molecule has 2 heterocycles. The lowest BCUT2D eigenvalue weighted by molar-refractivity contribution is -0.128. The van der Waals surface area contributed by atoms with Crippen molar-refractivity contribution in [2.45, 2.75) is 13.0 Å². The lowest BCUT2D eigenvalue weighted by Gasteiger charge is -2.33. The monoisotopic (exact) mass is 384 g/mol. The van der Waals surface area contributed by atoms with E-state index in [1.54, 1.807) is 24.5 Å². The number of nitrogens with zero attached hydrogens (tertiary/aromatic N) is 3. The molecule has 1 fully saturated rings. The van der Waals surface area contributed by atoms with E-state index in [9.17, 15) is 9.90 Å². The van der Waals surface area contributed by atoms with E-state index in [0.717, 1.165) is 5.56 Å². The van der Waals surface area contributed by atoms with Crippen molar-refractivity contribution in [1.82, 2.24) is 15.3 Å². The van der Waals surface area contributed by atoms with Gasteiger partial charge in [-0.05, 0) is 48.4 Å². The standard InChI is InChI=1S/C20H24N4O4/c1-2-28-18-4-3-15(13-17(18)25)14-22-23-20(26)19(16-5-7-21-8-6-16)24-9-11-27-12-10-24/h3-8,13-14,19,25H,2,9-12H2,1H3,(H,23,26)/b22-14+. The third-order valence-electron chi connectivity index (χ3n) is 4.35. The summed E-state index contributed by atoms with van der Waals surface area (Å²) < 4.78 is 10.7. The molecule has 0 radical (unpaired) electrons. The number of phenols is 1. The fourth-order valence-electron chi connectivity index (χ4n) is 3.03. The van der Waals surface area contributed by atoms with Gasteiger partial charge in [-0.15, -0.1) is 0 Å². The van der Waals surface area contributed by atoms with Gasteiger partial charge >= 0.3 is 0 Å². The van der Waals surface area contributed by atoms with E-state index in [1.165, 1.54) is 12.3 Å². The highest BCUT2D eigenvalue weighted by molar-refractivity contribution is 5.86. The second-order valence-electron chi connectivity index (χ2n) is 6.23. The van der Waals surface area contributed by atoms with E-state index in [1.807, 2.05) is 19.1 Å². The Morgan fingerprint density at radius 2 is 2.11 bits per heavy atom. The molecule has 0 bridgehead atoms. The average molecular weight is 384 g/mol. The highest BCUT2D eigenvalue weighted by atomic mass is 16.5. The van der Waals surface area contributed by atoms with Gasteiger partial charge in [-0.1, -0.05) is 0 Å². The van der Waals surface area contributed by atoms with Crippen LogP contribution in [0.2, 0.25) is 0 Å². The van der Waals surface area contributed by atoms with Gasteiger partial charge in [0.2, 0.25) is 0 Å². The summed E-state index contributed by atoms with van der Waals surface area (Å²) in [7, 11) is 0. The zero-order chi connectivity index (χ0) is 19.8. The van der Waals surface area contributed by atoms with E-state index < -0.39 is 6.04 Å². The molecule has 2 N–H and O–H groups in total. The number of ether oxygens (including phenoxy) is 2. The quantitative estimate of drug-likeness (QED) is 0.557. The maximum atomic E-state index is 12.8. The molecule has 2 aromatic rings. The first-order chi connectivity index (χ1) is 13.7. The second-order valence-corrected chi connectivity index (χ2v) is 6.23. The molecule has 148 valence electrons. The fraction of sp³-hybridized carbons (Fsp3) is 0.350. The SMILES string of the molecule is CCOc1ccc(/C=N/NC(=O)C(c2ccncc2)N2CCOCC2)cc1O. The predicted molar refractivity (Wildman–Crippen MR) is 104 cm³/mol. The number of hydrogen-bond acceptors (Lipinski definition) is 7. The molecule has 0 spiro atoms. The molecule has 0 saturated carbocycles. The van der Waals surface area contributed by atoms with Crippen LogP contribution in [0.15, 0.2) is 47.8 Å². The fourth-order valence-corrected chi connectivity index (χ4v) is 3.03. The molecule has 8 nitrogen and oxygen atoms in total. The lowest BCUT2D eigenvalue weighted by Crippen LogP contribution is -2.44. The number of rotatable bonds is 7. The molecular formula is C20H24N4O4. The number of amides is 1. The lowest BCUT2D eigenvalue weighted by atomic mass is 10.1. The Bertz CT molecular complexity index is 807. The topological polar surface area (TPSA) is 96.3 Å². The van der Waals surface area contributed by atoms with E-state index in [-0.39, 0.29) is 11.7 Å². The Balaban J connectivity index is 1.69. The molecule has 8 heteroatoms. The molecule has 1 saturated heterocycles. The van der Waals surface area contributed by atoms with Crippen molar-refractivity contribution in [1.29, 1.82) is 0 Å². The second kappa shape index (κ2) is 9.82. The Morgan fingerprint density at radius 1 is 1.36 bits per heavy atom. The van der Waals surface area contributed by atoms with Gasteiger partial charge in [-0.3, -0.25) is 14.7 Å². The highest BCUT2D eigenvalue weighted by Gasteiger charge is 2.28. The summed E-state index contributed by atoms with van der Waals surface area (Å²) >= 11 is 0. The van der Waals surface area contributed by atoms with Crippen LogP contribution in [-0.4, -0.2) is 60.0 Å². The van der Waals surface area contributed by atoms with Crippen molar-refractivity contribution < 1.29 is 19.4 Å². The molecule has 0 aliphatic carbocycles.